The second-order valence-electron chi connectivity index (χ2n) is 23.5. The number of aromatic nitrogens is 2. The lowest BCUT2D eigenvalue weighted by molar-refractivity contribution is -0.138. The fourth-order valence-electron chi connectivity index (χ4n) is 11.1. The Bertz CT molecular complexity index is 4740. The van der Waals surface area contributed by atoms with Crippen molar-refractivity contribution in [2.24, 2.45) is 5.73 Å². The summed E-state index contributed by atoms with van der Waals surface area (Å²) in [4.78, 5) is 64.2. The second kappa shape index (κ2) is 35.1. The minimum atomic E-state index is -4.45. The molecule has 0 aliphatic carbocycles. The number of carbonyl (C=O) groups is 4. The van der Waals surface area contributed by atoms with Gasteiger partial charge in [-0.2, -0.15) is 26.3 Å². The molecule has 0 spiro atoms. The van der Waals surface area contributed by atoms with E-state index in [1.165, 1.54) is 53.1 Å². The zero-order valence-electron chi connectivity index (χ0n) is 54.6. The van der Waals surface area contributed by atoms with Crippen LogP contribution in [0.15, 0.2) is 279 Å². The molecule has 13 nitrogen and oxygen atoms in total. The normalized spacial score (nSPS) is 11.7. The Morgan fingerprint density at radius 1 is 0.436 bits per heavy atom. The molecule has 0 aliphatic heterocycles. The number of carbonyl (C=O) groups excluding carboxylic acids is 3. The van der Waals surface area contributed by atoms with Crippen LogP contribution in [0.3, 0.4) is 0 Å². The Morgan fingerprint density at radius 3 is 1.24 bits per heavy atom. The molecule has 6 N–H and O–H groups in total. The van der Waals surface area contributed by atoms with E-state index in [1.807, 2.05) is 79.8 Å². The van der Waals surface area contributed by atoms with Crippen molar-refractivity contribution in [3.8, 4) is 22.3 Å². The number of amides is 3. The van der Waals surface area contributed by atoms with Crippen molar-refractivity contribution >= 4 is 81.9 Å². The van der Waals surface area contributed by atoms with Gasteiger partial charge in [0.2, 0.25) is 0 Å². The molecule has 0 unspecified atom stereocenters. The summed E-state index contributed by atoms with van der Waals surface area (Å²) in [5, 5.41) is 19.1. The topological polar surface area (TPSA) is 183 Å². The predicted octanol–water partition coefficient (Wildman–Crippen LogP) is 18.3. The maximum atomic E-state index is 13.5. The summed E-state index contributed by atoms with van der Waals surface area (Å²) in [6.07, 6.45) is -8.89. The number of halogens is 8. The van der Waals surface area contributed by atoms with Gasteiger partial charge in [-0.3, -0.25) is 19.3 Å². The zero-order chi connectivity index (χ0) is 70.1. The van der Waals surface area contributed by atoms with Crippen molar-refractivity contribution in [3.63, 3.8) is 0 Å². The van der Waals surface area contributed by atoms with Gasteiger partial charge in [-0.25, -0.2) is 14.8 Å². The summed E-state index contributed by atoms with van der Waals surface area (Å²) in [5.41, 5.74) is 13.5. The number of nitrogens with one attached hydrogen (secondary N) is 3. The Balaban J connectivity index is 0.000000213. The average molecular weight is 1410 g/mol. The number of hydrogen-bond donors (Lipinski definition) is 5. The van der Waals surface area contributed by atoms with Crippen LogP contribution in [0.25, 0.3) is 44.1 Å². The lowest BCUT2D eigenvalue weighted by Crippen LogP contribution is -2.36. The molecular weight excluding hydrogens is 1340 g/mol. The van der Waals surface area contributed by atoms with Crippen LogP contribution >= 0.6 is 24.8 Å². The number of alkyl halides is 6. The van der Waals surface area contributed by atoms with Crippen LogP contribution in [-0.4, -0.2) is 75.8 Å². The minimum absolute atomic E-state index is 0. The number of hydrogen-bond acceptors (Lipinski definition) is 9. The molecule has 10 aromatic carbocycles. The van der Waals surface area contributed by atoms with Crippen LogP contribution in [0.1, 0.15) is 86.9 Å². The van der Waals surface area contributed by atoms with Crippen LogP contribution in [0.4, 0.5) is 38.0 Å². The molecule has 2 heterocycles. The van der Waals surface area contributed by atoms with E-state index >= 15 is 0 Å². The Morgan fingerprint density at radius 2 is 0.812 bits per heavy atom. The first-order chi connectivity index (χ1) is 47.6. The summed E-state index contributed by atoms with van der Waals surface area (Å²) < 4.78 is 77.7. The number of benzene rings is 10. The van der Waals surface area contributed by atoms with Gasteiger partial charge in [0.05, 0.1) is 33.8 Å². The molecule has 0 aliphatic rings. The van der Waals surface area contributed by atoms with Crippen molar-refractivity contribution in [2.45, 2.75) is 37.5 Å². The predicted molar refractivity (Wildman–Crippen MR) is 390 cm³/mol. The smallest absolute Gasteiger partial charge is 0.416 e. The highest BCUT2D eigenvalue weighted by Crippen LogP contribution is 2.34. The molecule has 0 fully saturated rings. The molecule has 516 valence electrons. The Kier molecular flexibility index (Phi) is 26.3. The number of carboxylic acids is 1. The third kappa shape index (κ3) is 21.0. The van der Waals surface area contributed by atoms with E-state index in [0.717, 1.165) is 49.5 Å². The number of pyridine rings is 2. The number of carboxylic acid groups (broad SMARTS) is 1. The van der Waals surface area contributed by atoms with Crippen molar-refractivity contribution in [1.29, 1.82) is 0 Å². The maximum absolute atomic E-state index is 13.5. The molecule has 2 aromatic heterocycles. The second-order valence-corrected chi connectivity index (χ2v) is 23.5. The van der Waals surface area contributed by atoms with Gasteiger partial charge >= 0.3 is 18.3 Å². The third-order valence-corrected chi connectivity index (χ3v) is 16.1. The number of rotatable bonds is 19. The van der Waals surface area contributed by atoms with Crippen LogP contribution in [0.5, 0.6) is 0 Å². The quantitative estimate of drug-likeness (QED) is 0.0489. The van der Waals surface area contributed by atoms with Gasteiger partial charge in [-0.05, 0) is 156 Å². The first-order valence-corrected chi connectivity index (χ1v) is 31.4. The molecule has 21 heteroatoms. The van der Waals surface area contributed by atoms with Crippen LogP contribution < -0.4 is 21.7 Å². The van der Waals surface area contributed by atoms with Crippen molar-refractivity contribution < 1.29 is 50.6 Å². The summed E-state index contributed by atoms with van der Waals surface area (Å²) in [6, 6.07) is 79.4. The largest absolute Gasteiger partial charge is 0.478 e. The minimum Gasteiger partial charge on any atom is -0.478 e. The molecule has 0 saturated heterocycles. The van der Waals surface area contributed by atoms with Gasteiger partial charge in [0.25, 0.3) is 17.7 Å². The van der Waals surface area contributed by atoms with E-state index in [4.69, 9.17) is 10.8 Å². The fraction of sp³-hybridized carbons (Fsp3) is 0.125. The zero-order valence-corrected chi connectivity index (χ0v) is 56.2. The number of nitrogens with zero attached hydrogens (tertiary/aromatic N) is 4. The third-order valence-electron chi connectivity index (χ3n) is 16.1. The number of aromatic carboxylic acids is 1. The molecule has 0 saturated carbocycles. The molecule has 0 bridgehead atoms. The van der Waals surface area contributed by atoms with E-state index in [2.05, 4.69) is 91.3 Å². The molecule has 0 radical (unpaired) electrons. The van der Waals surface area contributed by atoms with Crippen LogP contribution in [0, 0.1) is 0 Å². The summed E-state index contributed by atoms with van der Waals surface area (Å²) in [6.45, 7) is 3.13. The number of nitrogens with two attached hydrogens (primary N) is 1. The van der Waals surface area contributed by atoms with Crippen molar-refractivity contribution in [3.05, 3.63) is 335 Å². The molecule has 12 aromatic rings. The lowest BCUT2D eigenvalue weighted by Gasteiger charge is -2.25. The van der Waals surface area contributed by atoms with Gasteiger partial charge < -0.3 is 31.7 Å². The number of anilines is 2. The standard InChI is InChI=1S/C40H33F3N4O2.C24H15F3N2O3.C16H20N2.2ClH/c1-47(25-27-10-4-2-5-11-27)26-36(29-12-6-3-7-13-29)45-38(48)31-18-22-35-30(24-31)19-23-37(44-35)46-39(49)34-15-9-8-14-33(34)28-16-20-32(21-17-28)40(41,42)43;25-24(26,27)17-9-5-14(6-10-17)18-3-1-2-4-19(18)22(30)29-21-12-8-15-13-16(23(31)32)7-11-20(15)28-21;1-18(12-14-8-4-2-5-9-14)13-16(17)15-10-6-3-7-11-15;;/h2-24,36H,25-26H2,1H3,(H,45,48)(H,44,46,49);1-13H,(H,31,32)(H,28,29,30);2-11,16H,12-13,17H2,1H3;2*1H/t36-;;16-;;/m1.1../s1. The highest BCUT2D eigenvalue weighted by atomic mass is 35.5. The molecule has 3 amide bonds. The summed E-state index contributed by atoms with van der Waals surface area (Å²) in [5.74, 6) is -1.65. The first-order valence-electron chi connectivity index (χ1n) is 31.4. The van der Waals surface area contributed by atoms with Gasteiger partial charge in [0, 0.05) is 59.7 Å². The number of fused-ring (bicyclic) bond motifs is 2. The van der Waals surface area contributed by atoms with E-state index in [0.29, 0.717) is 67.5 Å². The van der Waals surface area contributed by atoms with Crippen molar-refractivity contribution in [1.82, 2.24) is 25.1 Å². The highest BCUT2D eigenvalue weighted by Gasteiger charge is 2.31. The van der Waals surface area contributed by atoms with Crippen molar-refractivity contribution in [2.75, 3.05) is 37.8 Å². The summed E-state index contributed by atoms with van der Waals surface area (Å²) >= 11 is 0. The van der Waals surface area contributed by atoms with Gasteiger partial charge in [-0.1, -0.05) is 182 Å². The van der Waals surface area contributed by atoms with E-state index in [9.17, 15) is 45.5 Å². The molecule has 12 rings (SSSR count). The monoisotopic (exact) mass is 1410 g/mol. The molecule has 2 atom stereocenters. The fourth-order valence-corrected chi connectivity index (χ4v) is 11.1. The SMILES string of the molecule is CN(Cc1ccccc1)C[C@@H](N)c1ccccc1.CN(Cc1ccccc1)C[C@@H](NC(=O)c1ccc2nc(NC(=O)c3ccccc3-c3ccc(C(F)(F)F)cc3)ccc2c1)c1ccccc1.Cl.Cl.O=C(O)c1ccc2nc(NC(=O)c3ccccc3-c3ccc(C(F)(F)F)cc3)ccc2c1. The van der Waals surface area contributed by atoms with E-state index < -0.39 is 41.3 Å². The average Bonchev–Trinajstić information content (AvgIpc) is 0.817. The van der Waals surface area contributed by atoms with Gasteiger partial charge in [0.15, 0.2) is 0 Å². The van der Waals surface area contributed by atoms with Crippen LogP contribution in [-0.2, 0) is 25.4 Å². The van der Waals surface area contributed by atoms with E-state index in [1.54, 1.807) is 97.1 Å². The highest BCUT2D eigenvalue weighted by molar-refractivity contribution is 6.10. The maximum Gasteiger partial charge on any atom is 0.416 e. The van der Waals surface area contributed by atoms with Crippen LogP contribution in [0.2, 0.25) is 0 Å². The first kappa shape index (κ1) is 75.7. The summed E-state index contributed by atoms with van der Waals surface area (Å²) in [7, 11) is 4.14. The van der Waals surface area contributed by atoms with E-state index in [-0.39, 0.29) is 59.7 Å². The molecule has 101 heavy (non-hydrogen) atoms. The number of likely N-dealkylation sites (N-methyl/N-ethyl adjacent to an activating group) is 2. The van der Waals surface area contributed by atoms with Gasteiger partial charge in [-0.15, -0.1) is 24.8 Å². The Hall–Kier alpha value is -11.1. The molecular formula is C80H70Cl2F6N8O5. The lowest BCUT2D eigenvalue weighted by atomic mass is 9.98. The van der Waals surface area contributed by atoms with Gasteiger partial charge in [0.1, 0.15) is 11.6 Å². The Labute approximate surface area is 592 Å².